The highest BCUT2D eigenvalue weighted by molar-refractivity contribution is 5.80. The van der Waals surface area contributed by atoms with Gasteiger partial charge in [0.25, 0.3) is 5.56 Å². The van der Waals surface area contributed by atoms with Crippen LogP contribution in [0.5, 0.6) is 5.75 Å². The lowest BCUT2D eigenvalue weighted by atomic mass is 10.1. The molecule has 0 atom stereocenters. The van der Waals surface area contributed by atoms with Gasteiger partial charge in [-0.05, 0) is 48.9 Å². The summed E-state index contributed by atoms with van der Waals surface area (Å²) in [7, 11) is 0. The summed E-state index contributed by atoms with van der Waals surface area (Å²) in [5.74, 6) is -0.0863. The van der Waals surface area contributed by atoms with Gasteiger partial charge >= 0.3 is 0 Å². The van der Waals surface area contributed by atoms with E-state index in [4.69, 9.17) is 0 Å². The minimum absolute atomic E-state index is 0.136. The first-order valence-corrected chi connectivity index (χ1v) is 8.83. The summed E-state index contributed by atoms with van der Waals surface area (Å²) in [5.41, 5.74) is 2.15. The van der Waals surface area contributed by atoms with Gasteiger partial charge in [0, 0.05) is 6.54 Å². The van der Waals surface area contributed by atoms with E-state index in [2.05, 4.69) is 10.3 Å². The molecule has 0 saturated carbocycles. The van der Waals surface area contributed by atoms with Crippen molar-refractivity contribution >= 4 is 16.9 Å². The number of phenols is 1. The molecule has 1 aromatic heterocycles. The van der Waals surface area contributed by atoms with Gasteiger partial charge in [0.05, 0.1) is 16.6 Å². The maximum absolute atomic E-state index is 14.5. The van der Waals surface area contributed by atoms with Crippen LogP contribution in [0.25, 0.3) is 16.6 Å². The van der Waals surface area contributed by atoms with Gasteiger partial charge in [0.15, 0.2) is 0 Å². The molecule has 0 saturated heterocycles. The summed E-state index contributed by atoms with van der Waals surface area (Å²) in [6.45, 7) is 2.25. The molecule has 5 nitrogen and oxygen atoms in total. The van der Waals surface area contributed by atoms with Crippen molar-refractivity contribution in [3.63, 3.8) is 0 Å². The van der Waals surface area contributed by atoms with Gasteiger partial charge in [-0.15, -0.1) is 0 Å². The molecule has 28 heavy (non-hydrogen) atoms. The second-order valence-electron chi connectivity index (χ2n) is 6.57. The molecule has 0 radical (unpaired) electrons. The molecular formula is C22H18FN3O2. The summed E-state index contributed by atoms with van der Waals surface area (Å²) < 4.78 is 15.7. The van der Waals surface area contributed by atoms with Gasteiger partial charge in [-0.25, -0.2) is 13.9 Å². The second-order valence-corrected chi connectivity index (χ2v) is 6.57. The minimum Gasteiger partial charge on any atom is -0.508 e. The van der Waals surface area contributed by atoms with E-state index in [1.54, 1.807) is 54.6 Å². The molecule has 6 heteroatoms. The molecule has 0 aliphatic carbocycles. The van der Waals surface area contributed by atoms with Crippen molar-refractivity contribution in [3.05, 3.63) is 94.0 Å². The van der Waals surface area contributed by atoms with E-state index in [1.807, 2.05) is 13.0 Å². The number of rotatable bonds is 4. The van der Waals surface area contributed by atoms with Crippen molar-refractivity contribution in [3.8, 4) is 11.4 Å². The predicted molar refractivity (Wildman–Crippen MR) is 107 cm³/mol. The normalized spacial score (nSPS) is 10.9. The molecule has 2 N–H and O–H groups in total. The van der Waals surface area contributed by atoms with Gasteiger partial charge in [-0.2, -0.15) is 0 Å². The number of fused-ring (bicyclic) bond motifs is 1. The van der Waals surface area contributed by atoms with Crippen LogP contribution in [-0.4, -0.2) is 14.7 Å². The zero-order valence-corrected chi connectivity index (χ0v) is 15.2. The molecule has 4 aromatic rings. The monoisotopic (exact) mass is 375 g/mol. The number of nitrogens with zero attached hydrogens (tertiary/aromatic N) is 2. The number of aryl methyl sites for hydroxylation is 1. The van der Waals surface area contributed by atoms with Crippen LogP contribution in [-0.2, 0) is 6.54 Å². The Balaban J connectivity index is 1.87. The highest BCUT2D eigenvalue weighted by Crippen LogP contribution is 2.20. The van der Waals surface area contributed by atoms with Crippen molar-refractivity contribution in [1.82, 2.24) is 9.55 Å². The Bertz CT molecular complexity index is 1220. The van der Waals surface area contributed by atoms with Gasteiger partial charge in [0.2, 0.25) is 5.95 Å². The quantitative estimate of drug-likeness (QED) is 0.562. The Hall–Kier alpha value is -3.67. The van der Waals surface area contributed by atoms with E-state index in [0.29, 0.717) is 17.4 Å². The number of aromatic nitrogens is 2. The number of benzene rings is 3. The number of hydrogen-bond acceptors (Lipinski definition) is 4. The van der Waals surface area contributed by atoms with Crippen LogP contribution >= 0.6 is 0 Å². The van der Waals surface area contributed by atoms with E-state index < -0.39 is 5.82 Å². The smallest absolute Gasteiger partial charge is 0.267 e. The molecule has 0 bridgehead atoms. The number of halogens is 1. The summed E-state index contributed by atoms with van der Waals surface area (Å²) >= 11 is 0. The van der Waals surface area contributed by atoms with E-state index in [-0.39, 0.29) is 22.9 Å². The number of hydrogen-bond donors (Lipinski definition) is 2. The largest absolute Gasteiger partial charge is 0.508 e. The Morgan fingerprint density at radius 3 is 2.57 bits per heavy atom. The number of nitrogens with one attached hydrogen (secondary N) is 1. The zero-order chi connectivity index (χ0) is 19.7. The third-order valence-corrected chi connectivity index (χ3v) is 4.50. The van der Waals surface area contributed by atoms with E-state index >= 15 is 0 Å². The van der Waals surface area contributed by atoms with Crippen molar-refractivity contribution in [2.75, 3.05) is 5.32 Å². The third kappa shape index (κ3) is 3.32. The second kappa shape index (κ2) is 7.15. The van der Waals surface area contributed by atoms with E-state index in [1.165, 1.54) is 10.6 Å². The maximum atomic E-state index is 14.5. The Morgan fingerprint density at radius 1 is 1.07 bits per heavy atom. The number of para-hydroxylation sites is 1. The highest BCUT2D eigenvalue weighted by Gasteiger charge is 2.15. The predicted octanol–water partition coefficient (Wildman–Crippen LogP) is 4.15. The molecule has 3 aromatic carbocycles. The standard InChI is InChI=1S/C22H18FN3O2/c1-14-6-11-19-17(12-14)21(28)26(20-5-3-2-4-18(20)23)22(25-19)24-13-15-7-9-16(27)10-8-15/h2-12,27H,13H2,1H3,(H,24,25). The lowest BCUT2D eigenvalue weighted by Crippen LogP contribution is -2.24. The molecule has 0 unspecified atom stereocenters. The lowest BCUT2D eigenvalue weighted by molar-refractivity contribution is 0.475. The third-order valence-electron chi connectivity index (χ3n) is 4.50. The molecule has 140 valence electrons. The van der Waals surface area contributed by atoms with Crippen LogP contribution in [0.1, 0.15) is 11.1 Å². The number of anilines is 1. The van der Waals surface area contributed by atoms with Gasteiger partial charge in [0.1, 0.15) is 11.6 Å². The van der Waals surface area contributed by atoms with E-state index in [9.17, 15) is 14.3 Å². The summed E-state index contributed by atoms with van der Waals surface area (Å²) in [4.78, 5) is 17.8. The number of aromatic hydroxyl groups is 1. The van der Waals surface area contributed by atoms with Crippen LogP contribution in [0, 0.1) is 12.7 Å². The van der Waals surface area contributed by atoms with Gasteiger partial charge in [-0.1, -0.05) is 35.9 Å². The first kappa shape index (κ1) is 17.7. The van der Waals surface area contributed by atoms with Crippen LogP contribution in [0.4, 0.5) is 10.3 Å². The molecule has 0 amide bonds. The fourth-order valence-corrected chi connectivity index (χ4v) is 3.07. The molecular weight excluding hydrogens is 357 g/mol. The SMILES string of the molecule is Cc1ccc2nc(NCc3ccc(O)cc3)n(-c3ccccc3F)c(=O)c2c1. The van der Waals surface area contributed by atoms with Crippen molar-refractivity contribution in [2.24, 2.45) is 0 Å². The number of phenolic OH excluding ortho intramolecular Hbond substituents is 1. The fourth-order valence-electron chi connectivity index (χ4n) is 3.07. The average molecular weight is 375 g/mol. The topological polar surface area (TPSA) is 67.2 Å². The van der Waals surface area contributed by atoms with Crippen molar-refractivity contribution < 1.29 is 9.50 Å². The summed E-state index contributed by atoms with van der Waals surface area (Å²) in [6.07, 6.45) is 0. The molecule has 1 heterocycles. The average Bonchev–Trinajstić information content (AvgIpc) is 2.69. The molecule has 0 fully saturated rings. The van der Waals surface area contributed by atoms with Crippen LogP contribution in [0.3, 0.4) is 0 Å². The Morgan fingerprint density at radius 2 is 1.82 bits per heavy atom. The minimum atomic E-state index is -0.508. The van der Waals surface area contributed by atoms with Crippen molar-refractivity contribution in [1.29, 1.82) is 0 Å². The Kier molecular flexibility index (Phi) is 4.53. The fraction of sp³-hybridized carbons (Fsp3) is 0.0909. The maximum Gasteiger partial charge on any atom is 0.267 e. The van der Waals surface area contributed by atoms with Gasteiger partial charge in [-0.3, -0.25) is 4.79 Å². The molecule has 0 spiro atoms. The first-order valence-electron chi connectivity index (χ1n) is 8.83. The molecule has 4 rings (SSSR count). The first-order chi connectivity index (χ1) is 13.5. The summed E-state index contributed by atoms with van der Waals surface area (Å²) in [6, 6.07) is 18.2. The van der Waals surface area contributed by atoms with Crippen LogP contribution in [0.2, 0.25) is 0 Å². The zero-order valence-electron chi connectivity index (χ0n) is 15.2. The van der Waals surface area contributed by atoms with Crippen molar-refractivity contribution in [2.45, 2.75) is 13.5 Å². The Labute approximate surface area is 160 Å². The van der Waals surface area contributed by atoms with Crippen LogP contribution < -0.4 is 10.9 Å². The van der Waals surface area contributed by atoms with E-state index in [0.717, 1.165) is 11.1 Å². The molecule has 0 aliphatic heterocycles. The van der Waals surface area contributed by atoms with Gasteiger partial charge < -0.3 is 10.4 Å². The highest BCUT2D eigenvalue weighted by atomic mass is 19.1. The lowest BCUT2D eigenvalue weighted by Gasteiger charge is -2.16. The van der Waals surface area contributed by atoms with Crippen LogP contribution in [0.15, 0.2) is 71.5 Å². The molecule has 0 aliphatic rings. The summed E-state index contributed by atoms with van der Waals surface area (Å²) in [5, 5.41) is 13.0.